The molecule has 1 N–H and O–H groups in total. The number of hydrogen-bond donors (Lipinski definition) is 1. The Labute approximate surface area is 232 Å². The molecule has 8 rings (SSSR count). The second kappa shape index (κ2) is 8.17. The Kier molecular flexibility index (Phi) is 4.96. The van der Waals surface area contributed by atoms with Crippen LogP contribution in [-0.2, 0) is 18.3 Å². The molecule has 2 unspecified atom stereocenters. The van der Waals surface area contributed by atoms with E-state index in [0.29, 0.717) is 11.0 Å². The van der Waals surface area contributed by atoms with Gasteiger partial charge in [-0.05, 0) is 103 Å². The van der Waals surface area contributed by atoms with Crippen LogP contribution in [-0.4, -0.2) is 27.0 Å². The van der Waals surface area contributed by atoms with Gasteiger partial charge in [-0.3, -0.25) is 4.79 Å². The van der Waals surface area contributed by atoms with E-state index in [1.807, 2.05) is 4.90 Å². The predicted molar refractivity (Wildman–Crippen MR) is 156 cm³/mol. The Bertz CT molecular complexity index is 1510. The van der Waals surface area contributed by atoms with E-state index in [2.05, 4.69) is 78.3 Å². The fourth-order valence-electron chi connectivity index (χ4n) is 10.4. The summed E-state index contributed by atoms with van der Waals surface area (Å²) in [4.78, 5) is 15.4. The number of terminal acetylenes is 1. The number of unbranched alkanes of at least 4 members (excludes halogenated alkanes) is 1. The van der Waals surface area contributed by atoms with Crippen LogP contribution in [0.2, 0.25) is 0 Å². The summed E-state index contributed by atoms with van der Waals surface area (Å²) in [7, 11) is 2.14. The standard InChI is InChI=1S/C35H39N3O/c1-4-6-9-27-18-29-28-10-7-8-11-30(28)37(3)33(29)32(38(27)31(39)5-2)22-12-14-26(15-13-22)36-34-19-24-16-23-17-25(20-34)35(23,24)21-34/h2,7-8,10-15,23-25,27,32,36H,4,6,9,16-21H2,1,3H3/t23?,24?,25?,27-,32-,34?,35?/m0/s1. The zero-order valence-corrected chi connectivity index (χ0v) is 23.2. The molecule has 4 aliphatic carbocycles. The lowest BCUT2D eigenvalue weighted by atomic mass is 9.38. The number of hydrogen-bond acceptors (Lipinski definition) is 2. The van der Waals surface area contributed by atoms with Gasteiger partial charge in [0.2, 0.25) is 0 Å². The average molecular weight is 518 g/mol. The van der Waals surface area contributed by atoms with Gasteiger partial charge in [0.15, 0.2) is 0 Å². The monoisotopic (exact) mass is 517 g/mol. The molecule has 1 amide bonds. The van der Waals surface area contributed by atoms with E-state index >= 15 is 0 Å². The van der Waals surface area contributed by atoms with Crippen LogP contribution in [0.3, 0.4) is 0 Å². The zero-order valence-electron chi connectivity index (χ0n) is 23.2. The number of carbonyl (C=O) groups excluding carboxylic acids is 1. The topological polar surface area (TPSA) is 37.3 Å². The van der Waals surface area contributed by atoms with Crippen molar-refractivity contribution >= 4 is 22.5 Å². The Morgan fingerprint density at radius 3 is 2.49 bits per heavy atom. The van der Waals surface area contributed by atoms with E-state index in [4.69, 9.17) is 6.42 Å². The number of nitrogens with one attached hydrogen (secondary N) is 1. The van der Waals surface area contributed by atoms with E-state index in [9.17, 15) is 4.79 Å². The number of carbonyl (C=O) groups is 1. The van der Waals surface area contributed by atoms with E-state index in [1.54, 1.807) is 0 Å². The smallest absolute Gasteiger partial charge is 0.299 e. The highest BCUT2D eigenvalue weighted by Crippen LogP contribution is 2.82. The van der Waals surface area contributed by atoms with E-state index in [1.165, 1.54) is 60.0 Å². The van der Waals surface area contributed by atoms with Gasteiger partial charge in [0.05, 0.1) is 6.04 Å². The molecule has 2 bridgehead atoms. The summed E-state index contributed by atoms with van der Waals surface area (Å²) in [5.41, 5.74) is 7.18. The Morgan fingerprint density at radius 2 is 1.82 bits per heavy atom. The van der Waals surface area contributed by atoms with Crippen LogP contribution in [0.25, 0.3) is 10.9 Å². The van der Waals surface area contributed by atoms with E-state index in [-0.39, 0.29) is 18.0 Å². The molecular weight excluding hydrogens is 478 g/mol. The molecule has 39 heavy (non-hydrogen) atoms. The minimum atomic E-state index is -0.199. The van der Waals surface area contributed by atoms with Crippen molar-refractivity contribution in [3.63, 3.8) is 0 Å². The van der Waals surface area contributed by atoms with Crippen LogP contribution in [0.15, 0.2) is 48.5 Å². The van der Waals surface area contributed by atoms with Crippen LogP contribution in [0.1, 0.15) is 81.2 Å². The minimum absolute atomic E-state index is 0.101. The van der Waals surface area contributed by atoms with Gasteiger partial charge in [-0.25, -0.2) is 0 Å². The third-order valence-corrected chi connectivity index (χ3v) is 11.9. The first-order chi connectivity index (χ1) is 19.0. The largest absolute Gasteiger partial charge is 0.380 e. The quantitative estimate of drug-likeness (QED) is 0.364. The van der Waals surface area contributed by atoms with Crippen molar-refractivity contribution in [1.29, 1.82) is 0 Å². The molecule has 1 aromatic heterocycles. The first-order valence-electron chi connectivity index (χ1n) is 15.2. The molecule has 0 radical (unpaired) electrons. The molecule has 4 atom stereocenters. The van der Waals surface area contributed by atoms with Crippen molar-refractivity contribution in [3.05, 3.63) is 65.4 Å². The number of aromatic nitrogens is 1. The molecule has 2 aromatic carbocycles. The minimum Gasteiger partial charge on any atom is -0.380 e. The van der Waals surface area contributed by atoms with Crippen LogP contribution in [0.4, 0.5) is 5.69 Å². The van der Waals surface area contributed by atoms with Gasteiger partial charge in [0.1, 0.15) is 0 Å². The molecular formula is C35H39N3O. The lowest BCUT2D eigenvalue weighted by Gasteiger charge is -2.66. The van der Waals surface area contributed by atoms with Gasteiger partial charge >= 0.3 is 0 Å². The summed E-state index contributed by atoms with van der Waals surface area (Å²) in [6.45, 7) is 2.22. The molecule has 3 aromatic rings. The highest BCUT2D eigenvalue weighted by Gasteiger charge is 2.77. The molecule has 4 heteroatoms. The summed E-state index contributed by atoms with van der Waals surface area (Å²) in [6.07, 6.45) is 16.9. The number of para-hydroxylation sites is 1. The molecule has 5 aliphatic rings. The highest BCUT2D eigenvalue weighted by molar-refractivity contribution is 5.95. The van der Waals surface area contributed by atoms with Gasteiger partial charge < -0.3 is 14.8 Å². The first kappa shape index (κ1) is 23.7. The van der Waals surface area contributed by atoms with Gasteiger partial charge in [0, 0.05) is 40.9 Å². The Balaban J connectivity index is 1.18. The maximum atomic E-state index is 13.4. The fraction of sp³-hybridized carbons (Fsp3) is 0.514. The second-order valence-corrected chi connectivity index (χ2v) is 13.5. The zero-order chi connectivity index (χ0) is 26.5. The molecule has 4 fully saturated rings. The van der Waals surface area contributed by atoms with Crippen molar-refractivity contribution < 1.29 is 4.79 Å². The molecule has 0 saturated heterocycles. The van der Waals surface area contributed by atoms with E-state index < -0.39 is 0 Å². The molecule has 1 spiro atoms. The Morgan fingerprint density at radius 1 is 1.08 bits per heavy atom. The van der Waals surface area contributed by atoms with Crippen molar-refractivity contribution in [3.8, 4) is 12.3 Å². The average Bonchev–Trinajstić information content (AvgIpc) is 3.52. The first-order valence-corrected chi connectivity index (χ1v) is 15.2. The van der Waals surface area contributed by atoms with Gasteiger partial charge in [0.25, 0.3) is 5.91 Å². The van der Waals surface area contributed by atoms with Crippen molar-refractivity contribution in [2.45, 2.75) is 82.3 Å². The van der Waals surface area contributed by atoms with Gasteiger partial charge in [-0.15, -0.1) is 6.42 Å². The number of anilines is 1. The summed E-state index contributed by atoms with van der Waals surface area (Å²) in [6, 6.07) is 17.6. The van der Waals surface area contributed by atoms with Crippen molar-refractivity contribution in [1.82, 2.24) is 9.47 Å². The number of nitrogens with zero attached hydrogens (tertiary/aromatic N) is 2. The maximum Gasteiger partial charge on any atom is 0.299 e. The number of rotatable bonds is 6. The molecule has 4 nitrogen and oxygen atoms in total. The van der Waals surface area contributed by atoms with Crippen LogP contribution in [0, 0.1) is 35.5 Å². The second-order valence-electron chi connectivity index (χ2n) is 13.5. The van der Waals surface area contributed by atoms with Gasteiger partial charge in [-0.2, -0.15) is 0 Å². The summed E-state index contributed by atoms with van der Waals surface area (Å²) in [5.74, 6) is 5.26. The normalized spacial score (nSPS) is 35.1. The van der Waals surface area contributed by atoms with Gasteiger partial charge in [-0.1, -0.05) is 50.1 Å². The van der Waals surface area contributed by atoms with Crippen molar-refractivity contribution in [2.75, 3.05) is 5.32 Å². The van der Waals surface area contributed by atoms with Crippen LogP contribution in [0.5, 0.6) is 0 Å². The predicted octanol–water partition coefficient (Wildman–Crippen LogP) is 6.84. The number of benzene rings is 2. The number of fused-ring (bicyclic) bond motifs is 4. The summed E-state index contributed by atoms with van der Waals surface area (Å²) < 4.78 is 2.30. The number of amides is 1. The number of aryl methyl sites for hydroxylation is 1. The molecule has 200 valence electrons. The lowest BCUT2D eigenvalue weighted by Crippen LogP contribution is -2.59. The lowest BCUT2D eigenvalue weighted by molar-refractivity contribution is -0.175. The third kappa shape index (κ3) is 3.05. The van der Waals surface area contributed by atoms with Crippen molar-refractivity contribution in [2.24, 2.45) is 30.2 Å². The summed E-state index contributed by atoms with van der Waals surface area (Å²) in [5, 5.41) is 5.35. The van der Waals surface area contributed by atoms with E-state index in [0.717, 1.165) is 49.0 Å². The SMILES string of the molecule is C#CC(=O)N1[C@@H](CCCC)Cc2c(n(C)c3ccccc23)[C@@H]1c1ccc(NC23CC4CC5CC(C2)C54C3)cc1. The third-order valence-electron chi connectivity index (χ3n) is 11.9. The maximum absolute atomic E-state index is 13.4. The Hall–Kier alpha value is -3.19. The van der Waals surface area contributed by atoms with Crippen LogP contribution >= 0.6 is 0 Å². The fourth-order valence-corrected chi connectivity index (χ4v) is 10.4. The molecule has 4 saturated carbocycles. The highest BCUT2D eigenvalue weighted by atomic mass is 16.2. The molecule has 1 aliphatic heterocycles. The van der Waals surface area contributed by atoms with Crippen LogP contribution < -0.4 is 5.32 Å². The molecule has 2 heterocycles. The summed E-state index contributed by atoms with van der Waals surface area (Å²) >= 11 is 0.